The molecule has 7 heavy (non-hydrogen) atoms. The van der Waals surface area contributed by atoms with E-state index in [1.165, 1.54) is 12.4 Å². The maximum atomic E-state index is 4.72. The van der Waals surface area contributed by atoms with Gasteiger partial charge in [-0.25, -0.2) is 0 Å². The van der Waals surface area contributed by atoms with Crippen LogP contribution < -0.4 is 11.5 Å². The van der Waals surface area contributed by atoms with Gasteiger partial charge in [0, 0.05) is 12.4 Å². The topological polar surface area (TPSA) is 52.0 Å². The molecule has 0 heterocycles. The van der Waals surface area contributed by atoms with E-state index < -0.39 is 0 Å². The molecule has 0 rings (SSSR count). The molecule has 0 amide bonds. The van der Waals surface area contributed by atoms with Crippen LogP contribution in [-0.2, 0) is 11.2 Å². The van der Waals surface area contributed by atoms with E-state index in [9.17, 15) is 0 Å². The Morgan fingerprint density at radius 3 is 1.29 bits per heavy atom. The van der Waals surface area contributed by atoms with Crippen molar-refractivity contribution in [2.45, 2.75) is 0 Å². The summed E-state index contributed by atoms with van der Waals surface area (Å²) in [6.45, 7) is 0. The Morgan fingerprint density at radius 2 is 1.29 bits per heavy atom. The molecule has 0 aromatic heterocycles. The molecule has 4 N–H and O–H groups in total. The molecule has 0 saturated carbocycles. The van der Waals surface area contributed by atoms with E-state index in [4.69, 9.17) is 11.5 Å². The van der Waals surface area contributed by atoms with Crippen molar-refractivity contribution in [3.05, 3.63) is 12.4 Å². The molecule has 0 unspecified atom stereocenters. The van der Waals surface area contributed by atoms with Crippen LogP contribution in [0, 0.1) is 0 Å². The summed E-state index contributed by atoms with van der Waals surface area (Å²) in [6.07, 6.45) is 2.56. The molecule has 0 aliphatic carbocycles. The normalized spacial score (nSPS) is 8.29. The van der Waals surface area contributed by atoms with E-state index in [0.717, 1.165) is 0 Å². The fourth-order valence-corrected chi connectivity index (χ4v) is 0. The first kappa shape index (κ1) is 11.3. The summed E-state index contributed by atoms with van der Waals surface area (Å²) in [5, 5.41) is 0. The first-order valence-electron chi connectivity index (χ1n) is 1.24. The monoisotopic (exact) mass is 507 g/mol. The van der Waals surface area contributed by atoms with E-state index >= 15 is 0 Å². The Kier molecular flexibility index (Phi) is 25.3. The van der Waals surface area contributed by atoms with E-state index in [1.54, 1.807) is 0 Å². The van der Waals surface area contributed by atoms with Crippen LogP contribution in [0.5, 0.6) is 0 Å². The van der Waals surface area contributed by atoms with Gasteiger partial charge in [-0.1, -0.05) is 0 Å². The first-order chi connectivity index (χ1) is 3.33. The second kappa shape index (κ2) is 15.6. The maximum absolute atomic E-state index is 4.72. The Morgan fingerprint density at radius 1 is 1.14 bits per heavy atom. The third kappa shape index (κ3) is 36.4. The second-order valence-electron chi connectivity index (χ2n) is 0.430. The average molecular weight is 507 g/mol. The van der Waals surface area contributed by atoms with E-state index in [2.05, 4.69) is 38.7 Å². The fraction of sp³-hybridized carbons (Fsp3) is 0. The van der Waals surface area contributed by atoms with Crippen molar-refractivity contribution in [2.75, 3.05) is 0 Å². The molecular formula is C2H6I2N2Pt. The molecule has 0 aromatic carbocycles. The predicted octanol–water partition coefficient (Wildman–Crippen LogP) is 1.14. The van der Waals surface area contributed by atoms with Crippen LogP contribution in [-0.4, -0.2) is 0 Å². The van der Waals surface area contributed by atoms with Gasteiger partial charge in [0.15, 0.2) is 0 Å². The molecule has 48 valence electrons. The summed E-state index contributed by atoms with van der Waals surface area (Å²) in [4.78, 5) is 0. The number of rotatable bonds is 0. The van der Waals surface area contributed by atoms with Crippen LogP contribution >= 0.6 is 38.7 Å². The van der Waals surface area contributed by atoms with Gasteiger partial charge in [0.2, 0.25) is 0 Å². The third-order valence-corrected chi connectivity index (χ3v) is 0.111. The van der Waals surface area contributed by atoms with E-state index in [-0.39, 0.29) is 0 Å². The quantitative estimate of drug-likeness (QED) is 0.484. The molecule has 0 atom stereocenters. The SMILES string of the molecule is N/C=C/N.[I][Pt][I]. The van der Waals surface area contributed by atoms with Crippen molar-refractivity contribution in [3.8, 4) is 0 Å². The number of nitrogens with two attached hydrogens (primary N) is 2. The Balaban J connectivity index is 0. The fourth-order valence-electron chi connectivity index (χ4n) is 0. The third-order valence-electron chi connectivity index (χ3n) is 0.111. The van der Waals surface area contributed by atoms with Crippen molar-refractivity contribution >= 4 is 38.7 Å². The standard InChI is InChI=1S/C2H6N2.2HI.Pt/c3-1-2-4;;;/h1-2H,3-4H2;2*1H;/q;;;+2/p-2/b2-1+;;;. The van der Waals surface area contributed by atoms with E-state index in [0.29, 0.717) is 11.2 Å². The molecule has 0 aliphatic heterocycles. The van der Waals surface area contributed by atoms with Crippen molar-refractivity contribution in [1.29, 1.82) is 0 Å². The van der Waals surface area contributed by atoms with Crippen LogP contribution in [0.2, 0.25) is 0 Å². The molecule has 0 spiro atoms. The zero-order chi connectivity index (χ0) is 6.12. The summed E-state index contributed by atoms with van der Waals surface area (Å²) < 4.78 is 0. The van der Waals surface area contributed by atoms with Gasteiger partial charge in [0.05, 0.1) is 0 Å². The second-order valence-corrected chi connectivity index (χ2v) is 17.0. The van der Waals surface area contributed by atoms with Crippen molar-refractivity contribution < 1.29 is 11.2 Å². The summed E-state index contributed by atoms with van der Waals surface area (Å²) in [6, 6.07) is 0. The van der Waals surface area contributed by atoms with Crippen LogP contribution in [0.3, 0.4) is 0 Å². The van der Waals surface area contributed by atoms with Crippen LogP contribution in [0.1, 0.15) is 0 Å². The summed E-state index contributed by atoms with van der Waals surface area (Å²) in [5.74, 6) is 0. The molecule has 0 radical (unpaired) electrons. The molecule has 2 nitrogen and oxygen atoms in total. The Bertz CT molecular complexity index is 36.7. The number of hydrogen-bond donors (Lipinski definition) is 2. The van der Waals surface area contributed by atoms with Crippen LogP contribution in [0.4, 0.5) is 0 Å². The molecule has 0 saturated heterocycles. The summed E-state index contributed by atoms with van der Waals surface area (Å²) >= 11 is 5.30. The predicted molar refractivity (Wildman–Crippen MR) is 45.6 cm³/mol. The summed E-state index contributed by atoms with van der Waals surface area (Å²) in [5.41, 5.74) is 9.44. The zero-order valence-corrected chi connectivity index (χ0v) is 9.97. The van der Waals surface area contributed by atoms with Gasteiger partial charge in [-0.3, -0.25) is 0 Å². The molecule has 0 aliphatic rings. The van der Waals surface area contributed by atoms with Crippen molar-refractivity contribution in [1.82, 2.24) is 0 Å². The minimum absolute atomic E-state index is 0.523. The van der Waals surface area contributed by atoms with Crippen LogP contribution in [0.25, 0.3) is 0 Å². The van der Waals surface area contributed by atoms with Gasteiger partial charge in [-0.05, 0) is 0 Å². The Hall–Kier alpha value is 1.49. The van der Waals surface area contributed by atoms with Gasteiger partial charge in [0.1, 0.15) is 0 Å². The van der Waals surface area contributed by atoms with Crippen molar-refractivity contribution in [3.63, 3.8) is 0 Å². The first-order valence-corrected chi connectivity index (χ1v) is 14.1. The van der Waals surface area contributed by atoms with Crippen molar-refractivity contribution in [2.24, 2.45) is 11.5 Å². The van der Waals surface area contributed by atoms with Gasteiger partial charge in [-0.15, -0.1) is 0 Å². The molecule has 0 aromatic rings. The van der Waals surface area contributed by atoms with E-state index in [1.807, 2.05) is 0 Å². The average Bonchev–Trinajstić information content (AvgIpc) is 1.69. The Labute approximate surface area is 72.7 Å². The minimum atomic E-state index is 0.523. The molecule has 0 fully saturated rings. The number of halogens is 2. The van der Waals surface area contributed by atoms with Crippen LogP contribution in [0.15, 0.2) is 12.4 Å². The van der Waals surface area contributed by atoms with Gasteiger partial charge in [-0.2, -0.15) is 0 Å². The molecule has 0 bridgehead atoms. The molecular weight excluding hydrogens is 501 g/mol. The summed E-state index contributed by atoms with van der Waals surface area (Å²) in [7, 11) is 0. The van der Waals surface area contributed by atoms with Gasteiger partial charge in [0.25, 0.3) is 0 Å². The van der Waals surface area contributed by atoms with Gasteiger partial charge < -0.3 is 11.5 Å². The molecule has 5 heteroatoms. The van der Waals surface area contributed by atoms with Gasteiger partial charge >= 0.3 is 49.9 Å². The number of hydrogen-bond acceptors (Lipinski definition) is 2. The zero-order valence-electron chi connectivity index (χ0n) is 3.38.